The van der Waals surface area contributed by atoms with Crippen LogP contribution in [0, 0.1) is 0 Å². The maximum absolute atomic E-state index is 13.3. The summed E-state index contributed by atoms with van der Waals surface area (Å²) in [6.07, 6.45) is 0. The molecule has 0 aliphatic carbocycles. The normalized spacial score (nSPS) is 11.0. The molecule has 0 atom stereocenters. The number of hydrogen-bond acceptors (Lipinski definition) is 3. The van der Waals surface area contributed by atoms with Crippen LogP contribution in [0.4, 0.5) is 5.69 Å². The molecule has 2 N–H and O–H groups in total. The summed E-state index contributed by atoms with van der Waals surface area (Å²) in [5.41, 5.74) is 6.91. The minimum absolute atomic E-state index is 0.343. The van der Waals surface area contributed by atoms with E-state index in [-0.39, 0.29) is 5.97 Å². The summed E-state index contributed by atoms with van der Waals surface area (Å²) in [5.74, 6) is -0.343. The molecule has 0 fully saturated rings. The third kappa shape index (κ3) is 3.91. The number of anilines is 1. The van der Waals surface area contributed by atoms with E-state index in [1.54, 1.807) is 24.3 Å². The number of benzene rings is 4. The van der Waals surface area contributed by atoms with Gasteiger partial charge in [-0.25, -0.2) is 0 Å². The van der Waals surface area contributed by atoms with Gasteiger partial charge in [-0.15, -0.1) is 0 Å². The summed E-state index contributed by atoms with van der Waals surface area (Å²) in [6, 6.07) is 37.3. The van der Waals surface area contributed by atoms with Gasteiger partial charge in [0, 0.05) is 0 Å². The van der Waals surface area contributed by atoms with Crippen LogP contribution in [-0.4, -0.2) is 24.8 Å². The average Bonchev–Trinajstić information content (AvgIpc) is 2.79. The quantitative estimate of drug-likeness (QED) is 0.349. The Morgan fingerprint density at radius 1 is 0.621 bits per heavy atom. The molecule has 142 valence electrons. The fourth-order valence-corrected chi connectivity index (χ4v) is 14.2. The molecule has 0 amide bonds. The van der Waals surface area contributed by atoms with Gasteiger partial charge in [0.2, 0.25) is 0 Å². The van der Waals surface area contributed by atoms with Crippen LogP contribution in [0.15, 0.2) is 115 Å². The Morgan fingerprint density at radius 3 is 1.48 bits per heavy atom. The van der Waals surface area contributed by atoms with Crippen molar-refractivity contribution in [1.82, 2.24) is 0 Å². The number of nitrogens with two attached hydrogens (primary N) is 1. The molecule has 0 aliphatic rings. The second kappa shape index (κ2) is 8.53. The van der Waals surface area contributed by atoms with E-state index in [2.05, 4.69) is 36.4 Å². The second-order valence-corrected chi connectivity index (χ2v) is 16.2. The summed E-state index contributed by atoms with van der Waals surface area (Å²) >= 11 is -4.09. The molecule has 0 spiro atoms. The zero-order valence-corrected chi connectivity index (χ0v) is 18.7. The van der Waals surface area contributed by atoms with Gasteiger partial charge in [0.25, 0.3) is 0 Å². The number of rotatable bonds is 5. The van der Waals surface area contributed by atoms with Gasteiger partial charge in [-0.05, 0) is 0 Å². The van der Waals surface area contributed by atoms with Crippen LogP contribution in [-0.2, 0) is 3.07 Å². The predicted octanol–water partition coefficient (Wildman–Crippen LogP) is 3.09. The Bertz CT molecular complexity index is 1000. The topological polar surface area (TPSA) is 52.3 Å². The molecular weight excluding hydrogens is 465 g/mol. The van der Waals surface area contributed by atoms with Crippen LogP contribution in [0.2, 0.25) is 0 Å². The second-order valence-electron chi connectivity index (χ2n) is 6.79. The van der Waals surface area contributed by atoms with Gasteiger partial charge in [0.1, 0.15) is 0 Å². The van der Waals surface area contributed by atoms with Crippen molar-refractivity contribution >= 4 is 41.2 Å². The maximum atomic E-state index is 13.3. The van der Waals surface area contributed by atoms with Crippen LogP contribution >= 0.6 is 0 Å². The third-order valence-electron chi connectivity index (χ3n) is 4.91. The summed E-state index contributed by atoms with van der Waals surface area (Å²) in [6.45, 7) is 0. The monoisotopic (exact) mass is 487 g/mol. The number of carbonyl (C=O) groups is 1. The number of carbonyl (C=O) groups excluding carboxylic acids is 1. The van der Waals surface area contributed by atoms with E-state index < -0.39 is 18.8 Å². The summed E-state index contributed by atoms with van der Waals surface area (Å²) in [5, 5.41) is 0. The van der Waals surface area contributed by atoms with E-state index in [0.717, 1.165) is 10.7 Å². The molecule has 4 rings (SSSR count). The standard InChI is InChI=1S/C7H7NO2.3C6H5.Sn/c8-6-3-1-2-5(4-6)7(9)10;3*1-2-4-6-5-3-1;/h1-4H,8H2,(H,9,10);3*1-5H;/q;;;;+1/p-1. The molecule has 4 aromatic carbocycles. The molecule has 0 unspecified atom stereocenters. The van der Waals surface area contributed by atoms with E-state index in [1.165, 1.54) is 0 Å². The Labute approximate surface area is 175 Å². The predicted molar refractivity (Wildman–Crippen MR) is 120 cm³/mol. The Kier molecular flexibility index (Phi) is 5.67. The van der Waals surface area contributed by atoms with Crippen molar-refractivity contribution in [3.63, 3.8) is 0 Å². The number of nitrogen functional groups attached to an aromatic ring is 1. The first kappa shape index (κ1) is 19.3. The van der Waals surface area contributed by atoms with Gasteiger partial charge in [0.15, 0.2) is 0 Å². The fraction of sp³-hybridized carbons (Fsp3) is 0. The summed E-state index contributed by atoms with van der Waals surface area (Å²) in [7, 11) is 0. The molecule has 4 aromatic rings. The average molecular weight is 486 g/mol. The minimum atomic E-state index is -4.09. The van der Waals surface area contributed by atoms with Crippen LogP contribution < -0.4 is 16.5 Å². The first-order valence-electron chi connectivity index (χ1n) is 9.45. The third-order valence-corrected chi connectivity index (χ3v) is 16.1. The van der Waals surface area contributed by atoms with E-state index in [9.17, 15) is 4.79 Å². The van der Waals surface area contributed by atoms with Gasteiger partial charge in [-0.2, -0.15) is 0 Å². The van der Waals surface area contributed by atoms with Gasteiger partial charge in [-0.1, -0.05) is 0 Å². The Morgan fingerprint density at radius 2 is 1.07 bits per heavy atom. The van der Waals surface area contributed by atoms with E-state index in [4.69, 9.17) is 8.81 Å². The van der Waals surface area contributed by atoms with Gasteiger partial charge >= 0.3 is 176 Å². The van der Waals surface area contributed by atoms with E-state index in [0.29, 0.717) is 11.3 Å². The summed E-state index contributed by atoms with van der Waals surface area (Å²) in [4.78, 5) is 13.3. The zero-order chi connectivity index (χ0) is 20.1. The molecule has 3 nitrogen and oxygen atoms in total. The van der Waals surface area contributed by atoms with Crippen LogP contribution in [0.5, 0.6) is 0 Å². The van der Waals surface area contributed by atoms with Gasteiger partial charge < -0.3 is 0 Å². The molecule has 0 bridgehead atoms. The van der Waals surface area contributed by atoms with Crippen LogP contribution in [0.3, 0.4) is 0 Å². The fourth-order valence-electron chi connectivity index (χ4n) is 3.56. The first-order chi connectivity index (χ1) is 14.2. The molecule has 0 heterocycles. The Hall–Kier alpha value is -3.05. The van der Waals surface area contributed by atoms with Crippen LogP contribution in [0.25, 0.3) is 0 Å². The number of hydrogen-bond donors (Lipinski definition) is 1. The first-order valence-corrected chi connectivity index (χ1v) is 14.9. The van der Waals surface area contributed by atoms with Gasteiger partial charge in [0.05, 0.1) is 0 Å². The van der Waals surface area contributed by atoms with Crippen molar-refractivity contribution in [2.75, 3.05) is 5.73 Å². The van der Waals surface area contributed by atoms with Crippen molar-refractivity contribution in [3.05, 3.63) is 121 Å². The van der Waals surface area contributed by atoms with Crippen molar-refractivity contribution in [3.8, 4) is 0 Å². The molecule has 0 radical (unpaired) electrons. The molecule has 0 aliphatic heterocycles. The molecule has 0 aromatic heterocycles. The van der Waals surface area contributed by atoms with Crippen LogP contribution in [0.1, 0.15) is 10.4 Å². The van der Waals surface area contributed by atoms with Crippen molar-refractivity contribution in [2.24, 2.45) is 0 Å². The molecular formula is C25H21NO2Sn. The van der Waals surface area contributed by atoms with Crippen molar-refractivity contribution in [2.45, 2.75) is 0 Å². The molecule has 4 heteroatoms. The summed E-state index contributed by atoms with van der Waals surface area (Å²) < 4.78 is 9.79. The van der Waals surface area contributed by atoms with E-state index in [1.807, 2.05) is 54.6 Å². The Balaban J connectivity index is 1.94. The zero-order valence-electron chi connectivity index (χ0n) is 15.9. The molecule has 29 heavy (non-hydrogen) atoms. The SMILES string of the molecule is Nc1cccc(C(=O)[O][Sn]([c]2ccccc2)([c]2ccccc2)[c]2ccccc2)c1. The van der Waals surface area contributed by atoms with Crippen molar-refractivity contribution < 1.29 is 7.87 Å². The van der Waals surface area contributed by atoms with Crippen molar-refractivity contribution in [1.29, 1.82) is 0 Å². The molecule has 0 saturated carbocycles. The van der Waals surface area contributed by atoms with E-state index >= 15 is 0 Å². The molecule has 0 saturated heterocycles. The van der Waals surface area contributed by atoms with Gasteiger partial charge in [-0.3, -0.25) is 0 Å².